The molecule has 2 aromatic rings. The molecule has 5 heteroatoms. The Kier molecular flexibility index (Phi) is 4.08. The molecular weight excluding hydrogens is 258 g/mol. The summed E-state index contributed by atoms with van der Waals surface area (Å²) in [5.41, 5.74) is 1.45. The molecule has 0 unspecified atom stereocenters. The average molecular weight is 275 g/mol. The van der Waals surface area contributed by atoms with Crippen molar-refractivity contribution in [3.05, 3.63) is 35.9 Å². The third-order valence-corrected chi connectivity index (χ3v) is 2.78. The van der Waals surface area contributed by atoms with Crippen LogP contribution in [0.25, 0.3) is 11.3 Å². The van der Waals surface area contributed by atoms with Crippen molar-refractivity contribution < 1.29 is 19.1 Å². The predicted molar refractivity (Wildman–Crippen MR) is 73.6 cm³/mol. The highest BCUT2D eigenvalue weighted by molar-refractivity contribution is 5.85. The van der Waals surface area contributed by atoms with Gasteiger partial charge in [-0.25, -0.2) is 9.78 Å². The topological polar surface area (TPSA) is 72.6 Å². The van der Waals surface area contributed by atoms with Gasteiger partial charge in [0.15, 0.2) is 5.76 Å². The number of aromatic hydroxyl groups is 1. The lowest BCUT2D eigenvalue weighted by molar-refractivity contribution is 0.0481. The van der Waals surface area contributed by atoms with E-state index in [0.29, 0.717) is 11.5 Å². The van der Waals surface area contributed by atoms with E-state index < -0.39 is 5.97 Å². The zero-order valence-electron chi connectivity index (χ0n) is 11.7. The summed E-state index contributed by atoms with van der Waals surface area (Å²) < 4.78 is 10.4. The molecule has 0 amide bonds. The number of carbonyl (C=O) groups is 1. The Bertz CT molecular complexity index is 599. The highest BCUT2D eigenvalue weighted by Crippen LogP contribution is 2.31. The van der Waals surface area contributed by atoms with Crippen LogP contribution < -0.4 is 0 Å². The Morgan fingerprint density at radius 3 is 2.55 bits per heavy atom. The fourth-order valence-electron chi connectivity index (χ4n) is 1.82. The number of ether oxygens (including phenoxy) is 1. The molecule has 5 nitrogen and oxygen atoms in total. The van der Waals surface area contributed by atoms with E-state index in [-0.39, 0.29) is 24.2 Å². The predicted octanol–water partition coefficient (Wildman–Crippen LogP) is 3.35. The van der Waals surface area contributed by atoms with Crippen LogP contribution >= 0.6 is 0 Å². The maximum Gasteiger partial charge on any atom is 0.394 e. The van der Waals surface area contributed by atoms with E-state index in [1.165, 1.54) is 0 Å². The van der Waals surface area contributed by atoms with Crippen molar-refractivity contribution in [2.45, 2.75) is 26.7 Å². The van der Waals surface area contributed by atoms with Crippen LogP contribution in [-0.2, 0) is 4.74 Å². The number of nitrogens with zero attached hydrogens (tertiary/aromatic N) is 1. The van der Waals surface area contributed by atoms with Crippen LogP contribution in [-0.4, -0.2) is 22.7 Å². The fraction of sp³-hybridized carbons (Fsp3) is 0.333. The molecule has 0 aliphatic carbocycles. The van der Waals surface area contributed by atoms with Crippen molar-refractivity contribution in [1.29, 1.82) is 0 Å². The number of benzene rings is 1. The number of rotatable bonds is 4. The number of hydrogen-bond donors (Lipinski definition) is 1. The first-order chi connectivity index (χ1) is 9.52. The summed E-state index contributed by atoms with van der Waals surface area (Å²) in [4.78, 5) is 15.9. The second kappa shape index (κ2) is 5.77. The number of phenols is 1. The van der Waals surface area contributed by atoms with E-state index in [2.05, 4.69) is 4.98 Å². The van der Waals surface area contributed by atoms with E-state index >= 15 is 0 Å². The van der Waals surface area contributed by atoms with Gasteiger partial charge in [0.1, 0.15) is 5.75 Å². The molecule has 1 N–H and O–H groups in total. The van der Waals surface area contributed by atoms with E-state index in [0.717, 1.165) is 5.56 Å². The van der Waals surface area contributed by atoms with Gasteiger partial charge in [-0.2, -0.15) is 0 Å². The quantitative estimate of drug-likeness (QED) is 0.866. The highest BCUT2D eigenvalue weighted by atomic mass is 16.5. The second-order valence-electron chi connectivity index (χ2n) is 4.66. The molecule has 0 fully saturated rings. The summed E-state index contributed by atoms with van der Waals surface area (Å²) in [5.74, 6) is 0.191. The summed E-state index contributed by atoms with van der Waals surface area (Å²) in [6.45, 7) is 5.94. The molecule has 0 bridgehead atoms. The van der Waals surface area contributed by atoms with Gasteiger partial charge in [0.25, 0.3) is 0 Å². The van der Waals surface area contributed by atoms with Crippen molar-refractivity contribution in [2.24, 2.45) is 0 Å². The lowest BCUT2D eigenvalue weighted by Gasteiger charge is -2.03. The van der Waals surface area contributed by atoms with Gasteiger partial charge in [0.05, 0.1) is 12.3 Å². The smallest absolute Gasteiger partial charge is 0.394 e. The lowest BCUT2D eigenvalue weighted by Crippen LogP contribution is -2.05. The van der Waals surface area contributed by atoms with Crippen LogP contribution in [0.2, 0.25) is 0 Å². The van der Waals surface area contributed by atoms with Crippen LogP contribution in [0.5, 0.6) is 5.75 Å². The van der Waals surface area contributed by atoms with Crippen LogP contribution in [0, 0.1) is 0 Å². The van der Waals surface area contributed by atoms with Gasteiger partial charge in [-0.1, -0.05) is 13.8 Å². The van der Waals surface area contributed by atoms with Gasteiger partial charge >= 0.3 is 11.9 Å². The standard InChI is InChI=1S/C15H17NO4/c1-4-19-15(18)14-16-12(9(2)3)13(20-14)10-5-7-11(17)8-6-10/h5-9,17H,4H2,1-3H3. The minimum absolute atomic E-state index is 0.0429. The first kappa shape index (κ1) is 14.1. The van der Waals surface area contributed by atoms with Crippen molar-refractivity contribution in [2.75, 3.05) is 6.61 Å². The SMILES string of the molecule is CCOC(=O)c1nc(C(C)C)c(-c2ccc(O)cc2)o1. The van der Waals surface area contributed by atoms with E-state index in [9.17, 15) is 9.90 Å². The van der Waals surface area contributed by atoms with Crippen LogP contribution in [0.4, 0.5) is 0 Å². The van der Waals surface area contributed by atoms with Crippen LogP contribution in [0.3, 0.4) is 0 Å². The summed E-state index contributed by atoms with van der Waals surface area (Å²) in [6.07, 6.45) is 0. The second-order valence-corrected chi connectivity index (χ2v) is 4.66. The molecule has 0 radical (unpaired) electrons. The zero-order valence-corrected chi connectivity index (χ0v) is 11.7. The van der Waals surface area contributed by atoms with Crippen molar-refractivity contribution >= 4 is 5.97 Å². The maximum absolute atomic E-state index is 11.7. The van der Waals surface area contributed by atoms with E-state index in [4.69, 9.17) is 9.15 Å². The van der Waals surface area contributed by atoms with Gasteiger partial charge in [0.2, 0.25) is 0 Å². The normalized spacial score (nSPS) is 10.8. The molecule has 0 aliphatic heterocycles. The molecule has 106 valence electrons. The number of esters is 1. The summed E-state index contributed by atoms with van der Waals surface area (Å²) in [7, 11) is 0. The van der Waals surface area contributed by atoms with Gasteiger partial charge in [-0.3, -0.25) is 0 Å². The number of phenolic OH excluding ortho intramolecular Hbond substituents is 1. The Labute approximate surface area is 117 Å². The van der Waals surface area contributed by atoms with Gasteiger partial charge in [0, 0.05) is 5.56 Å². The Morgan fingerprint density at radius 1 is 1.35 bits per heavy atom. The molecule has 1 aromatic carbocycles. The Hall–Kier alpha value is -2.30. The zero-order chi connectivity index (χ0) is 14.7. The molecule has 0 saturated carbocycles. The molecule has 0 spiro atoms. The van der Waals surface area contributed by atoms with Crippen LogP contribution in [0.1, 0.15) is 43.1 Å². The van der Waals surface area contributed by atoms with Gasteiger partial charge in [-0.05, 0) is 37.1 Å². The molecule has 0 saturated heterocycles. The molecule has 0 aliphatic rings. The number of oxazole rings is 1. The molecular formula is C15H17NO4. The molecule has 1 heterocycles. The highest BCUT2D eigenvalue weighted by Gasteiger charge is 2.22. The third kappa shape index (κ3) is 2.82. The first-order valence-corrected chi connectivity index (χ1v) is 6.50. The summed E-state index contributed by atoms with van der Waals surface area (Å²) in [5, 5.41) is 9.33. The van der Waals surface area contributed by atoms with Crippen molar-refractivity contribution in [1.82, 2.24) is 4.98 Å². The Balaban J connectivity index is 2.45. The number of hydrogen-bond acceptors (Lipinski definition) is 5. The van der Waals surface area contributed by atoms with Gasteiger partial charge in [-0.15, -0.1) is 0 Å². The average Bonchev–Trinajstić information content (AvgIpc) is 2.85. The number of aromatic nitrogens is 1. The fourth-order valence-corrected chi connectivity index (χ4v) is 1.82. The number of carbonyl (C=O) groups excluding carboxylic acids is 1. The molecule has 2 rings (SSSR count). The maximum atomic E-state index is 11.7. The molecule has 0 atom stereocenters. The molecule has 20 heavy (non-hydrogen) atoms. The van der Waals surface area contributed by atoms with Crippen molar-refractivity contribution in [3.63, 3.8) is 0 Å². The molecule has 1 aromatic heterocycles. The first-order valence-electron chi connectivity index (χ1n) is 6.50. The summed E-state index contributed by atoms with van der Waals surface area (Å²) >= 11 is 0. The van der Waals surface area contributed by atoms with Gasteiger partial charge < -0.3 is 14.3 Å². The third-order valence-electron chi connectivity index (χ3n) is 2.78. The monoisotopic (exact) mass is 275 g/mol. The minimum atomic E-state index is -0.570. The van der Waals surface area contributed by atoms with E-state index in [1.807, 2.05) is 13.8 Å². The summed E-state index contributed by atoms with van der Waals surface area (Å²) in [6, 6.07) is 6.56. The van der Waals surface area contributed by atoms with E-state index in [1.54, 1.807) is 31.2 Å². The Morgan fingerprint density at radius 2 is 2.00 bits per heavy atom. The minimum Gasteiger partial charge on any atom is -0.508 e. The van der Waals surface area contributed by atoms with Crippen molar-refractivity contribution in [3.8, 4) is 17.1 Å². The largest absolute Gasteiger partial charge is 0.508 e. The lowest BCUT2D eigenvalue weighted by atomic mass is 10.0. The van der Waals surface area contributed by atoms with Crippen LogP contribution in [0.15, 0.2) is 28.7 Å².